The molecule has 0 aliphatic heterocycles. The zero-order valence-electron chi connectivity index (χ0n) is 10.7. The average molecular weight is 231 g/mol. The summed E-state index contributed by atoms with van der Waals surface area (Å²) in [6.07, 6.45) is 5.29. The molecule has 0 radical (unpaired) electrons. The van der Waals surface area contributed by atoms with Crippen molar-refractivity contribution >= 4 is 5.97 Å². The van der Waals surface area contributed by atoms with Gasteiger partial charge in [-0.15, -0.1) is 5.73 Å². The lowest BCUT2D eigenvalue weighted by Crippen LogP contribution is -2.07. The normalized spacial score (nSPS) is 24.6. The van der Waals surface area contributed by atoms with E-state index in [-0.39, 0.29) is 23.2 Å². The molecule has 3 heteroatoms. The van der Waals surface area contributed by atoms with Crippen LogP contribution in [0.25, 0.3) is 0 Å². The van der Waals surface area contributed by atoms with Crippen molar-refractivity contribution < 1.29 is 9.53 Å². The van der Waals surface area contributed by atoms with Gasteiger partial charge in [-0.05, 0) is 24.5 Å². The molecule has 2 atom stereocenters. The number of nitrogens with zero attached hydrogens (tertiary/aromatic N) is 1. The monoisotopic (exact) mass is 231 g/mol. The minimum atomic E-state index is -0.192. The summed E-state index contributed by atoms with van der Waals surface area (Å²) >= 11 is 0. The van der Waals surface area contributed by atoms with Crippen LogP contribution in [-0.2, 0) is 9.53 Å². The zero-order valence-corrected chi connectivity index (χ0v) is 10.7. The first-order valence-corrected chi connectivity index (χ1v) is 5.56. The largest absolute Gasteiger partial charge is 0.469 e. The highest BCUT2D eigenvalue weighted by Crippen LogP contribution is 2.59. The van der Waals surface area contributed by atoms with E-state index in [2.05, 4.69) is 5.73 Å². The van der Waals surface area contributed by atoms with Crippen LogP contribution in [0, 0.1) is 28.6 Å². The van der Waals surface area contributed by atoms with Crippen molar-refractivity contribution in [1.82, 2.24) is 0 Å². The highest BCUT2D eigenvalue weighted by Gasteiger charge is 2.61. The predicted octanol–water partition coefficient (Wildman–Crippen LogP) is 2.61. The van der Waals surface area contributed by atoms with Crippen molar-refractivity contribution in [2.45, 2.75) is 20.8 Å². The fourth-order valence-corrected chi connectivity index (χ4v) is 2.03. The molecule has 1 saturated carbocycles. The summed E-state index contributed by atoms with van der Waals surface area (Å²) in [6.45, 7) is 5.87. The molecule has 0 heterocycles. The topological polar surface area (TPSA) is 50.1 Å². The number of rotatable bonds is 3. The van der Waals surface area contributed by atoms with Crippen LogP contribution in [0.4, 0.5) is 0 Å². The maximum atomic E-state index is 11.5. The van der Waals surface area contributed by atoms with E-state index in [1.807, 2.05) is 26.8 Å². The quantitative estimate of drug-likeness (QED) is 0.325. The van der Waals surface area contributed by atoms with Gasteiger partial charge in [0.2, 0.25) is 0 Å². The molecule has 2 unspecified atom stereocenters. The lowest BCUT2D eigenvalue weighted by Gasteiger charge is -1.98. The molecule has 0 saturated heterocycles. The Balaban J connectivity index is 2.89. The van der Waals surface area contributed by atoms with Gasteiger partial charge in [-0.1, -0.05) is 19.9 Å². The minimum absolute atomic E-state index is 0.101. The third kappa shape index (κ3) is 2.67. The van der Waals surface area contributed by atoms with Gasteiger partial charge < -0.3 is 4.74 Å². The molecular weight excluding hydrogens is 214 g/mol. The molecule has 1 aliphatic rings. The van der Waals surface area contributed by atoms with Gasteiger partial charge in [0.15, 0.2) is 0 Å². The van der Waals surface area contributed by atoms with E-state index in [1.54, 1.807) is 18.2 Å². The van der Waals surface area contributed by atoms with Crippen LogP contribution in [0.3, 0.4) is 0 Å². The Labute approximate surface area is 102 Å². The molecule has 0 aromatic carbocycles. The van der Waals surface area contributed by atoms with Crippen LogP contribution >= 0.6 is 0 Å². The lowest BCUT2D eigenvalue weighted by atomic mass is 10.1. The minimum Gasteiger partial charge on any atom is -0.469 e. The number of allylic oxidation sites excluding steroid dienone is 3. The van der Waals surface area contributed by atoms with Crippen LogP contribution in [-0.4, -0.2) is 13.1 Å². The summed E-state index contributed by atoms with van der Waals surface area (Å²) < 4.78 is 4.75. The third-order valence-electron chi connectivity index (χ3n) is 3.24. The predicted molar refractivity (Wildman–Crippen MR) is 64.8 cm³/mol. The molecule has 90 valence electrons. The van der Waals surface area contributed by atoms with Crippen LogP contribution in [0.1, 0.15) is 20.8 Å². The third-order valence-corrected chi connectivity index (χ3v) is 3.24. The van der Waals surface area contributed by atoms with Gasteiger partial charge in [0.25, 0.3) is 0 Å². The highest BCUT2D eigenvalue weighted by atomic mass is 16.5. The van der Waals surface area contributed by atoms with Crippen molar-refractivity contribution in [2.75, 3.05) is 7.11 Å². The second kappa shape index (κ2) is 5.03. The standard InChI is InChI=1S/C14H17NO2/c1-5-6-10(9-15)7-8-11-12(13(16)17-4)14(11,2)3/h5-6,8,11-12H,1-4H3. The van der Waals surface area contributed by atoms with Gasteiger partial charge >= 0.3 is 5.97 Å². The molecule has 0 aromatic rings. The molecule has 0 spiro atoms. The number of nitriles is 1. The number of hydrogen-bond acceptors (Lipinski definition) is 3. The van der Waals surface area contributed by atoms with Crippen molar-refractivity contribution in [1.29, 1.82) is 5.26 Å². The van der Waals surface area contributed by atoms with Gasteiger partial charge in [0.05, 0.1) is 18.6 Å². The maximum Gasteiger partial charge on any atom is 0.309 e. The van der Waals surface area contributed by atoms with E-state index in [0.29, 0.717) is 5.57 Å². The Morgan fingerprint density at radius 2 is 2.12 bits per heavy atom. The molecule has 17 heavy (non-hydrogen) atoms. The lowest BCUT2D eigenvalue weighted by molar-refractivity contribution is -0.143. The SMILES string of the molecule is CC=CC(=C=CC1C(C(=O)OC)C1(C)C)C#N. The van der Waals surface area contributed by atoms with Gasteiger partial charge in [-0.25, -0.2) is 0 Å². The number of methoxy groups -OCH3 is 1. The summed E-state index contributed by atoms with van der Waals surface area (Å²) in [7, 11) is 1.40. The van der Waals surface area contributed by atoms with E-state index >= 15 is 0 Å². The van der Waals surface area contributed by atoms with Crippen molar-refractivity contribution in [3.8, 4) is 6.07 Å². The fraction of sp³-hybridized carbons (Fsp3) is 0.500. The van der Waals surface area contributed by atoms with Crippen molar-refractivity contribution in [3.05, 3.63) is 29.5 Å². The Morgan fingerprint density at radius 3 is 2.59 bits per heavy atom. The Bertz CT molecular complexity index is 445. The van der Waals surface area contributed by atoms with Crippen molar-refractivity contribution in [3.63, 3.8) is 0 Å². The number of carbonyl (C=O) groups is 1. The van der Waals surface area contributed by atoms with Crippen LogP contribution in [0.15, 0.2) is 29.5 Å². The first-order chi connectivity index (χ1) is 7.98. The number of esters is 1. The molecule has 0 aromatic heterocycles. The maximum absolute atomic E-state index is 11.5. The van der Waals surface area contributed by atoms with Gasteiger partial charge in [-0.2, -0.15) is 5.26 Å². The molecule has 1 rings (SSSR count). The van der Waals surface area contributed by atoms with Crippen LogP contribution in [0.2, 0.25) is 0 Å². The highest BCUT2D eigenvalue weighted by molar-refractivity contribution is 5.78. The molecule has 0 amide bonds. The summed E-state index contributed by atoms with van der Waals surface area (Å²) in [5, 5.41) is 8.83. The van der Waals surface area contributed by atoms with Gasteiger partial charge in [-0.3, -0.25) is 4.79 Å². The summed E-state index contributed by atoms with van der Waals surface area (Å²) in [6, 6.07) is 2.04. The van der Waals surface area contributed by atoms with Crippen molar-refractivity contribution in [2.24, 2.45) is 17.3 Å². The number of hydrogen-bond donors (Lipinski definition) is 0. The molecule has 0 N–H and O–H groups in total. The van der Waals surface area contributed by atoms with E-state index < -0.39 is 0 Å². The van der Waals surface area contributed by atoms with Crippen LogP contribution < -0.4 is 0 Å². The first kappa shape index (κ1) is 13.3. The van der Waals surface area contributed by atoms with E-state index in [9.17, 15) is 4.79 Å². The summed E-state index contributed by atoms with van der Waals surface area (Å²) in [5.74, 6) is -0.211. The molecule has 1 aliphatic carbocycles. The second-order valence-corrected chi connectivity index (χ2v) is 4.68. The molecular formula is C14H17NO2. The first-order valence-electron chi connectivity index (χ1n) is 5.56. The zero-order chi connectivity index (χ0) is 13.1. The molecule has 1 fully saturated rings. The fourth-order valence-electron chi connectivity index (χ4n) is 2.03. The Kier molecular flexibility index (Phi) is 3.93. The van der Waals surface area contributed by atoms with Crippen LogP contribution in [0.5, 0.6) is 0 Å². The number of carbonyl (C=O) groups excluding carboxylic acids is 1. The Morgan fingerprint density at radius 1 is 1.47 bits per heavy atom. The van der Waals surface area contributed by atoms with Gasteiger partial charge in [0.1, 0.15) is 6.07 Å². The number of ether oxygens (including phenoxy) is 1. The van der Waals surface area contributed by atoms with E-state index in [1.165, 1.54) is 7.11 Å². The summed E-state index contributed by atoms with van der Waals surface area (Å²) in [5.41, 5.74) is 3.30. The average Bonchev–Trinajstić information content (AvgIpc) is 2.85. The second-order valence-electron chi connectivity index (χ2n) is 4.68. The molecule has 0 bridgehead atoms. The molecule has 3 nitrogen and oxygen atoms in total. The summed E-state index contributed by atoms with van der Waals surface area (Å²) in [4.78, 5) is 11.5. The Hall–Kier alpha value is -1.78. The smallest absolute Gasteiger partial charge is 0.309 e. The van der Waals surface area contributed by atoms with E-state index in [4.69, 9.17) is 10.00 Å². The van der Waals surface area contributed by atoms with E-state index in [0.717, 1.165) is 0 Å². The van der Waals surface area contributed by atoms with Gasteiger partial charge in [0, 0.05) is 5.92 Å².